The molecule has 2 aliphatic rings. The van der Waals surface area contributed by atoms with E-state index >= 15 is 0 Å². The molecule has 1 aromatic heterocycles. The zero-order valence-electron chi connectivity index (χ0n) is 27.3. The molecule has 0 N–H and O–H groups in total. The highest BCUT2D eigenvalue weighted by atomic mass is 15.1. The molecule has 7 aromatic rings. The average molecular weight is 617 g/mol. The van der Waals surface area contributed by atoms with Crippen LogP contribution in [-0.2, 0) is 5.41 Å². The van der Waals surface area contributed by atoms with Crippen molar-refractivity contribution in [2.45, 2.75) is 25.7 Å². The van der Waals surface area contributed by atoms with Crippen molar-refractivity contribution in [2.24, 2.45) is 0 Å². The van der Waals surface area contributed by atoms with E-state index in [-0.39, 0.29) is 5.41 Å². The maximum absolute atomic E-state index is 2.37. The summed E-state index contributed by atoms with van der Waals surface area (Å²) in [7, 11) is 0. The van der Waals surface area contributed by atoms with Crippen LogP contribution in [-0.4, -0.2) is 4.57 Å². The van der Waals surface area contributed by atoms with Gasteiger partial charge in [0.1, 0.15) is 0 Å². The summed E-state index contributed by atoms with van der Waals surface area (Å²) >= 11 is 0. The molecule has 0 atom stereocenters. The molecule has 0 amide bonds. The van der Waals surface area contributed by atoms with Gasteiger partial charge in [0, 0.05) is 38.9 Å². The van der Waals surface area contributed by atoms with Crippen LogP contribution in [0.5, 0.6) is 0 Å². The molecule has 0 saturated carbocycles. The lowest BCUT2D eigenvalue weighted by Crippen LogP contribution is -2.17. The predicted octanol–water partition coefficient (Wildman–Crippen LogP) is 12.5. The third-order valence-corrected chi connectivity index (χ3v) is 10.2. The molecule has 2 aliphatic carbocycles. The topological polar surface area (TPSA) is 8.17 Å². The molecule has 6 aromatic carbocycles. The summed E-state index contributed by atoms with van der Waals surface area (Å²) < 4.78 is 2.37. The smallest absolute Gasteiger partial charge is 0.0542 e. The molecule has 0 bridgehead atoms. The zero-order valence-corrected chi connectivity index (χ0v) is 27.3. The first-order valence-electron chi connectivity index (χ1n) is 16.9. The fraction of sp³-hybridized carbons (Fsp3) is 0.0870. The van der Waals surface area contributed by atoms with Crippen LogP contribution in [0.15, 0.2) is 175 Å². The molecule has 1 heterocycles. The van der Waals surface area contributed by atoms with E-state index in [9.17, 15) is 0 Å². The van der Waals surface area contributed by atoms with Gasteiger partial charge in [0.05, 0.1) is 11.0 Å². The van der Waals surface area contributed by atoms with E-state index < -0.39 is 0 Å². The van der Waals surface area contributed by atoms with Crippen molar-refractivity contribution in [3.8, 4) is 16.8 Å². The van der Waals surface area contributed by atoms with Crippen molar-refractivity contribution < 1.29 is 0 Å². The lowest BCUT2D eigenvalue weighted by atomic mass is 9.77. The first-order chi connectivity index (χ1) is 23.6. The van der Waals surface area contributed by atoms with Gasteiger partial charge in [-0.3, -0.25) is 0 Å². The van der Waals surface area contributed by atoms with Gasteiger partial charge in [0.25, 0.3) is 0 Å². The minimum Gasteiger partial charge on any atom is -0.310 e. The van der Waals surface area contributed by atoms with Gasteiger partial charge in [-0.05, 0) is 100 Å². The maximum Gasteiger partial charge on any atom is 0.0542 e. The van der Waals surface area contributed by atoms with Gasteiger partial charge in [-0.1, -0.05) is 123 Å². The number of aromatic nitrogens is 1. The highest BCUT2D eigenvalue weighted by molar-refractivity contribution is 6.10. The number of nitrogens with zero attached hydrogens (tertiary/aromatic N) is 2. The highest BCUT2D eigenvalue weighted by Crippen LogP contribution is 2.51. The molecule has 0 radical (unpaired) electrons. The number of allylic oxidation sites excluding steroid dienone is 6. The average Bonchev–Trinajstić information content (AvgIpc) is 3.41. The zero-order chi connectivity index (χ0) is 32.2. The van der Waals surface area contributed by atoms with E-state index in [1.165, 1.54) is 60.9 Å². The molecule has 0 aliphatic heterocycles. The van der Waals surface area contributed by atoms with Crippen molar-refractivity contribution in [1.82, 2.24) is 4.57 Å². The van der Waals surface area contributed by atoms with Crippen LogP contribution in [0.4, 0.5) is 17.1 Å². The van der Waals surface area contributed by atoms with Crippen LogP contribution in [0.2, 0.25) is 0 Å². The van der Waals surface area contributed by atoms with Crippen LogP contribution in [0.3, 0.4) is 0 Å². The second-order valence-corrected chi connectivity index (χ2v) is 13.3. The van der Waals surface area contributed by atoms with E-state index in [2.05, 4.69) is 193 Å². The van der Waals surface area contributed by atoms with E-state index in [1.807, 2.05) is 0 Å². The first-order valence-corrected chi connectivity index (χ1v) is 16.9. The van der Waals surface area contributed by atoms with Crippen molar-refractivity contribution >= 4 is 44.4 Å². The summed E-state index contributed by atoms with van der Waals surface area (Å²) in [4.78, 5) is 2.37. The first kappa shape index (κ1) is 28.4. The third kappa shape index (κ3) is 4.41. The number of hydrogen-bond donors (Lipinski definition) is 0. The molecule has 0 spiro atoms. The Morgan fingerprint density at radius 1 is 0.542 bits per heavy atom. The van der Waals surface area contributed by atoms with Gasteiger partial charge in [-0.25, -0.2) is 0 Å². The van der Waals surface area contributed by atoms with Crippen molar-refractivity contribution in [3.63, 3.8) is 0 Å². The number of fused-ring (bicyclic) bond motifs is 5. The standard InChI is InChI=1S/C46H36N2/c1-46(2)42-23-11-5-10-19-38(42)40-22-14-21-37(45(40)46)32-25-27-35(28-26-32)47(33-15-6-3-7-16-33)36-29-30-44-41(31-36)39-20-12-13-24-43(39)48(44)34-17-8-4-9-18-34/h3-4,6-31H,5H2,1-2H3. The van der Waals surface area contributed by atoms with Gasteiger partial charge < -0.3 is 9.47 Å². The third-order valence-electron chi connectivity index (χ3n) is 10.2. The second-order valence-electron chi connectivity index (χ2n) is 13.3. The number of anilines is 3. The van der Waals surface area contributed by atoms with Gasteiger partial charge in [0.15, 0.2) is 0 Å². The molecular formula is C46H36N2. The Morgan fingerprint density at radius 2 is 1.19 bits per heavy atom. The number of rotatable bonds is 5. The number of para-hydroxylation sites is 3. The van der Waals surface area contributed by atoms with Gasteiger partial charge in [-0.2, -0.15) is 0 Å². The monoisotopic (exact) mass is 616 g/mol. The number of hydrogen-bond acceptors (Lipinski definition) is 1. The Kier molecular flexibility index (Phi) is 6.58. The Labute approximate surface area is 282 Å². The lowest BCUT2D eigenvalue weighted by Gasteiger charge is -2.27. The lowest BCUT2D eigenvalue weighted by molar-refractivity contribution is 0.656. The summed E-state index contributed by atoms with van der Waals surface area (Å²) in [5.41, 5.74) is 15.0. The maximum atomic E-state index is 2.37. The molecule has 0 unspecified atom stereocenters. The van der Waals surface area contributed by atoms with E-state index in [0.717, 1.165) is 23.5 Å². The van der Waals surface area contributed by atoms with Gasteiger partial charge in [-0.15, -0.1) is 0 Å². The molecule has 0 saturated heterocycles. The van der Waals surface area contributed by atoms with Crippen molar-refractivity contribution in [1.29, 1.82) is 0 Å². The molecule has 0 fully saturated rings. The van der Waals surface area contributed by atoms with E-state index in [0.29, 0.717) is 0 Å². The fourth-order valence-electron chi connectivity index (χ4n) is 8.00. The molecule has 2 nitrogen and oxygen atoms in total. The molecular weight excluding hydrogens is 581 g/mol. The summed E-state index contributed by atoms with van der Waals surface area (Å²) in [5, 5.41) is 2.49. The summed E-state index contributed by atoms with van der Waals surface area (Å²) in [6.45, 7) is 4.75. The number of benzene rings is 6. The fourth-order valence-corrected chi connectivity index (χ4v) is 8.00. The Balaban J connectivity index is 1.17. The minimum atomic E-state index is -0.0739. The molecule has 48 heavy (non-hydrogen) atoms. The van der Waals surface area contributed by atoms with Crippen LogP contribution in [0.1, 0.15) is 31.4 Å². The second kappa shape index (κ2) is 11.1. The van der Waals surface area contributed by atoms with Gasteiger partial charge in [0.2, 0.25) is 0 Å². The largest absolute Gasteiger partial charge is 0.310 e. The predicted molar refractivity (Wildman–Crippen MR) is 204 cm³/mol. The molecule has 2 heteroatoms. The van der Waals surface area contributed by atoms with Crippen molar-refractivity contribution in [3.05, 3.63) is 187 Å². The Morgan fingerprint density at radius 3 is 2.00 bits per heavy atom. The summed E-state index contributed by atoms with van der Waals surface area (Å²) in [5.74, 6) is 0. The van der Waals surface area contributed by atoms with E-state index in [4.69, 9.17) is 0 Å². The van der Waals surface area contributed by atoms with Crippen LogP contribution < -0.4 is 4.90 Å². The van der Waals surface area contributed by atoms with Crippen LogP contribution >= 0.6 is 0 Å². The Hall–Kier alpha value is -5.86. The molecule has 230 valence electrons. The SMILES string of the molecule is CC1(C)C2=C(C=CCC=C2)c2cccc(-c3ccc(N(c4ccccc4)c4ccc5c(c4)c4ccccc4n5-c4ccccc4)cc3)c21. The quantitative estimate of drug-likeness (QED) is 0.187. The van der Waals surface area contributed by atoms with Crippen LogP contribution in [0, 0.1) is 0 Å². The van der Waals surface area contributed by atoms with Crippen LogP contribution in [0.25, 0.3) is 44.2 Å². The summed E-state index contributed by atoms with van der Waals surface area (Å²) in [6.07, 6.45) is 10.2. The Bertz CT molecular complexity index is 2420. The molecule has 9 rings (SSSR count). The highest BCUT2D eigenvalue weighted by Gasteiger charge is 2.38. The summed E-state index contributed by atoms with van der Waals surface area (Å²) in [6, 6.07) is 52.9. The van der Waals surface area contributed by atoms with Crippen molar-refractivity contribution in [2.75, 3.05) is 4.90 Å². The normalized spacial score (nSPS) is 14.7. The van der Waals surface area contributed by atoms with Gasteiger partial charge >= 0.3 is 0 Å². The van der Waals surface area contributed by atoms with E-state index in [1.54, 1.807) is 0 Å². The minimum absolute atomic E-state index is 0.0739.